The van der Waals surface area contributed by atoms with Crippen molar-refractivity contribution in [1.29, 1.82) is 0 Å². The Morgan fingerprint density at radius 3 is 2.81 bits per heavy atom. The van der Waals surface area contributed by atoms with E-state index in [0.29, 0.717) is 17.9 Å². The van der Waals surface area contributed by atoms with Crippen LogP contribution in [0.25, 0.3) is 0 Å². The van der Waals surface area contributed by atoms with Crippen LogP contribution in [-0.2, 0) is 4.79 Å². The maximum atomic E-state index is 11.7. The van der Waals surface area contributed by atoms with Crippen LogP contribution in [0.5, 0.6) is 5.75 Å². The summed E-state index contributed by atoms with van der Waals surface area (Å²) in [6, 6.07) is 5.42. The van der Waals surface area contributed by atoms with Gasteiger partial charge in [-0.2, -0.15) is 0 Å². The van der Waals surface area contributed by atoms with Crippen molar-refractivity contribution in [1.82, 2.24) is 0 Å². The zero-order valence-corrected chi connectivity index (χ0v) is 9.40. The van der Waals surface area contributed by atoms with Crippen LogP contribution in [0.15, 0.2) is 18.2 Å². The van der Waals surface area contributed by atoms with Crippen molar-refractivity contribution >= 4 is 17.3 Å². The minimum absolute atomic E-state index is 0.156. The van der Waals surface area contributed by atoms with Crippen molar-refractivity contribution in [2.75, 3.05) is 24.3 Å². The van der Waals surface area contributed by atoms with Gasteiger partial charge in [0.05, 0.1) is 18.5 Å². The van der Waals surface area contributed by atoms with Gasteiger partial charge in [-0.25, -0.2) is 0 Å². The van der Waals surface area contributed by atoms with Crippen molar-refractivity contribution in [3.05, 3.63) is 18.2 Å². The number of ether oxygens (including phenoxy) is 1. The summed E-state index contributed by atoms with van der Waals surface area (Å²) in [5.74, 6) is 0.869. The van der Waals surface area contributed by atoms with Crippen LogP contribution in [0.1, 0.15) is 19.3 Å². The van der Waals surface area contributed by atoms with Gasteiger partial charge in [-0.05, 0) is 25.0 Å². The van der Waals surface area contributed by atoms with Gasteiger partial charge < -0.3 is 15.4 Å². The van der Waals surface area contributed by atoms with E-state index in [1.807, 2.05) is 12.1 Å². The molecule has 1 fully saturated rings. The first-order chi connectivity index (χ1) is 7.72. The number of rotatable bonds is 2. The van der Waals surface area contributed by atoms with Gasteiger partial charge in [-0.15, -0.1) is 0 Å². The molecule has 0 aromatic heterocycles. The molecule has 0 saturated carbocycles. The average Bonchev–Trinajstić information content (AvgIpc) is 2.30. The third-order valence-corrected chi connectivity index (χ3v) is 2.85. The lowest BCUT2D eigenvalue weighted by Crippen LogP contribution is -2.35. The molecule has 0 aliphatic carbocycles. The van der Waals surface area contributed by atoms with Crippen molar-refractivity contribution in [3.8, 4) is 5.75 Å². The number of nitrogens with zero attached hydrogens (tertiary/aromatic N) is 1. The Kier molecular flexibility index (Phi) is 2.99. The molecule has 0 atom stereocenters. The number of benzene rings is 1. The zero-order valence-electron chi connectivity index (χ0n) is 9.40. The third-order valence-electron chi connectivity index (χ3n) is 2.85. The smallest absolute Gasteiger partial charge is 0.227 e. The van der Waals surface area contributed by atoms with Crippen molar-refractivity contribution in [2.24, 2.45) is 0 Å². The molecular weight excluding hydrogens is 204 g/mol. The molecule has 1 aromatic rings. The third kappa shape index (κ3) is 1.96. The van der Waals surface area contributed by atoms with E-state index < -0.39 is 0 Å². The number of hydrogen-bond acceptors (Lipinski definition) is 3. The molecule has 1 amide bonds. The number of carbonyl (C=O) groups is 1. The van der Waals surface area contributed by atoms with Gasteiger partial charge in [0, 0.05) is 19.0 Å². The summed E-state index contributed by atoms with van der Waals surface area (Å²) >= 11 is 0. The molecule has 16 heavy (non-hydrogen) atoms. The molecule has 0 radical (unpaired) electrons. The van der Waals surface area contributed by atoms with Crippen LogP contribution in [0, 0.1) is 0 Å². The summed E-state index contributed by atoms with van der Waals surface area (Å²) in [5.41, 5.74) is 7.31. The normalized spacial score (nSPS) is 16.3. The highest BCUT2D eigenvalue weighted by Crippen LogP contribution is 2.30. The van der Waals surface area contributed by atoms with E-state index >= 15 is 0 Å². The van der Waals surface area contributed by atoms with Crippen LogP contribution < -0.4 is 15.4 Å². The lowest BCUT2D eigenvalue weighted by atomic mass is 10.1. The minimum atomic E-state index is 0.156. The molecule has 4 heteroatoms. The first-order valence-corrected chi connectivity index (χ1v) is 5.46. The van der Waals surface area contributed by atoms with Gasteiger partial charge in [0.25, 0.3) is 0 Å². The SMILES string of the molecule is COc1ccc(N2CCCCC2=O)c(N)c1. The lowest BCUT2D eigenvalue weighted by molar-refractivity contribution is -0.119. The average molecular weight is 220 g/mol. The number of anilines is 2. The molecule has 1 aliphatic heterocycles. The van der Waals surface area contributed by atoms with E-state index in [-0.39, 0.29) is 5.91 Å². The van der Waals surface area contributed by atoms with E-state index in [0.717, 1.165) is 25.1 Å². The van der Waals surface area contributed by atoms with Crippen LogP contribution in [0.3, 0.4) is 0 Å². The Bertz CT molecular complexity index is 404. The fraction of sp³-hybridized carbons (Fsp3) is 0.417. The highest BCUT2D eigenvalue weighted by molar-refractivity contribution is 5.97. The molecule has 1 aromatic carbocycles. The van der Waals surface area contributed by atoms with Crippen LogP contribution in [0.4, 0.5) is 11.4 Å². The van der Waals surface area contributed by atoms with Gasteiger partial charge in [0.1, 0.15) is 5.75 Å². The second-order valence-electron chi connectivity index (χ2n) is 3.93. The quantitative estimate of drug-likeness (QED) is 0.773. The Balaban J connectivity index is 2.28. The molecule has 0 unspecified atom stereocenters. The summed E-state index contributed by atoms with van der Waals surface area (Å²) < 4.78 is 5.08. The molecule has 1 aliphatic rings. The second-order valence-corrected chi connectivity index (χ2v) is 3.93. The van der Waals surface area contributed by atoms with E-state index in [1.54, 1.807) is 18.1 Å². The number of nitrogen functional groups attached to an aromatic ring is 1. The van der Waals surface area contributed by atoms with E-state index in [9.17, 15) is 4.79 Å². The van der Waals surface area contributed by atoms with E-state index in [4.69, 9.17) is 10.5 Å². The summed E-state index contributed by atoms with van der Waals surface area (Å²) in [6.07, 6.45) is 2.63. The molecule has 86 valence electrons. The number of amides is 1. The molecule has 1 heterocycles. The number of piperidine rings is 1. The number of nitrogens with two attached hydrogens (primary N) is 1. The first-order valence-electron chi connectivity index (χ1n) is 5.46. The lowest BCUT2D eigenvalue weighted by Gasteiger charge is -2.27. The predicted octanol–water partition coefficient (Wildman–Crippen LogP) is 1.79. The topological polar surface area (TPSA) is 55.6 Å². The second kappa shape index (κ2) is 4.43. The highest BCUT2D eigenvalue weighted by atomic mass is 16.5. The van der Waals surface area contributed by atoms with Gasteiger partial charge in [-0.1, -0.05) is 0 Å². The number of methoxy groups -OCH3 is 1. The molecule has 2 rings (SSSR count). The maximum Gasteiger partial charge on any atom is 0.227 e. The van der Waals surface area contributed by atoms with Crippen molar-refractivity contribution in [3.63, 3.8) is 0 Å². The van der Waals surface area contributed by atoms with Gasteiger partial charge >= 0.3 is 0 Å². The monoisotopic (exact) mass is 220 g/mol. The first kappa shape index (κ1) is 10.8. The van der Waals surface area contributed by atoms with Crippen LogP contribution >= 0.6 is 0 Å². The molecule has 2 N–H and O–H groups in total. The standard InChI is InChI=1S/C12H16N2O2/c1-16-9-5-6-11(10(13)8-9)14-7-3-2-4-12(14)15/h5-6,8H,2-4,7,13H2,1H3. The molecule has 0 spiro atoms. The Morgan fingerprint density at radius 1 is 1.38 bits per heavy atom. The van der Waals surface area contributed by atoms with Crippen molar-refractivity contribution < 1.29 is 9.53 Å². The maximum absolute atomic E-state index is 11.7. The predicted molar refractivity (Wildman–Crippen MR) is 63.6 cm³/mol. The van der Waals surface area contributed by atoms with E-state index in [1.165, 1.54) is 0 Å². The molecule has 4 nitrogen and oxygen atoms in total. The number of carbonyl (C=O) groups excluding carboxylic acids is 1. The van der Waals surface area contributed by atoms with Crippen LogP contribution in [-0.4, -0.2) is 19.6 Å². The van der Waals surface area contributed by atoms with Gasteiger partial charge in [0.15, 0.2) is 0 Å². The fourth-order valence-electron chi connectivity index (χ4n) is 1.97. The molecule has 1 saturated heterocycles. The Labute approximate surface area is 95.0 Å². The molecule has 0 bridgehead atoms. The Morgan fingerprint density at radius 2 is 2.19 bits per heavy atom. The summed E-state index contributed by atoms with van der Waals surface area (Å²) in [5, 5.41) is 0. The van der Waals surface area contributed by atoms with Gasteiger partial charge in [-0.3, -0.25) is 4.79 Å². The van der Waals surface area contributed by atoms with Crippen molar-refractivity contribution in [2.45, 2.75) is 19.3 Å². The minimum Gasteiger partial charge on any atom is -0.497 e. The van der Waals surface area contributed by atoms with Crippen LogP contribution in [0.2, 0.25) is 0 Å². The Hall–Kier alpha value is -1.71. The summed E-state index contributed by atoms with van der Waals surface area (Å²) in [6.45, 7) is 0.759. The fourth-order valence-corrected chi connectivity index (χ4v) is 1.97. The largest absolute Gasteiger partial charge is 0.497 e. The van der Waals surface area contributed by atoms with Gasteiger partial charge in [0.2, 0.25) is 5.91 Å². The highest BCUT2D eigenvalue weighted by Gasteiger charge is 2.21. The van der Waals surface area contributed by atoms with E-state index in [2.05, 4.69) is 0 Å². The number of hydrogen-bond donors (Lipinski definition) is 1. The zero-order chi connectivity index (χ0) is 11.5. The summed E-state index contributed by atoms with van der Waals surface area (Å²) in [4.78, 5) is 13.5. The molecular formula is C12H16N2O2. The summed E-state index contributed by atoms with van der Waals surface area (Å²) in [7, 11) is 1.60.